The van der Waals surface area contributed by atoms with Crippen molar-refractivity contribution in [2.24, 2.45) is 0 Å². The van der Waals surface area contributed by atoms with Crippen molar-refractivity contribution >= 4 is 48.9 Å². The molecular weight excluding hydrogens is 536 g/mol. The highest BCUT2D eigenvalue weighted by Gasteiger charge is 2.18. The third kappa shape index (κ3) is 4.89. The Balaban J connectivity index is 1.80. The second kappa shape index (κ2) is 9.46. The van der Waals surface area contributed by atoms with E-state index in [4.69, 9.17) is 14.5 Å². The van der Waals surface area contributed by atoms with E-state index in [-0.39, 0.29) is 11.9 Å². The van der Waals surface area contributed by atoms with Crippen molar-refractivity contribution in [2.45, 2.75) is 33.1 Å². The van der Waals surface area contributed by atoms with Gasteiger partial charge in [-0.15, -0.1) is 0 Å². The van der Waals surface area contributed by atoms with Crippen LogP contribution >= 0.6 is 31.9 Å². The SMILES string of the molecule is CC(=O)Oc1cc(Br)c(Oc2ccc3[nH]c(C(C)C)nc3c2Cc2ccccc2)c(Br)c1. The number of esters is 1. The van der Waals surface area contributed by atoms with Gasteiger partial charge in [0, 0.05) is 24.8 Å². The van der Waals surface area contributed by atoms with Crippen LogP contribution in [0.15, 0.2) is 63.5 Å². The number of hydrogen-bond donors (Lipinski definition) is 1. The van der Waals surface area contributed by atoms with Gasteiger partial charge in [0.1, 0.15) is 17.3 Å². The van der Waals surface area contributed by atoms with Crippen LogP contribution < -0.4 is 9.47 Å². The fraction of sp³-hybridized carbons (Fsp3) is 0.200. The van der Waals surface area contributed by atoms with Crippen molar-refractivity contribution in [3.63, 3.8) is 0 Å². The fourth-order valence-electron chi connectivity index (χ4n) is 3.44. The molecule has 0 bridgehead atoms. The molecule has 4 aromatic rings. The summed E-state index contributed by atoms with van der Waals surface area (Å²) in [4.78, 5) is 19.6. The normalized spacial score (nSPS) is 11.2. The number of rotatable bonds is 6. The highest BCUT2D eigenvalue weighted by Crippen LogP contribution is 2.42. The Labute approximate surface area is 203 Å². The van der Waals surface area contributed by atoms with E-state index in [1.807, 2.05) is 30.3 Å². The van der Waals surface area contributed by atoms with Gasteiger partial charge in [-0.25, -0.2) is 4.98 Å². The number of ether oxygens (including phenoxy) is 2. The zero-order chi connectivity index (χ0) is 22.8. The number of aromatic amines is 1. The number of aromatic nitrogens is 2. The Morgan fingerprint density at radius 1 is 1.06 bits per heavy atom. The number of fused-ring (bicyclic) bond motifs is 1. The van der Waals surface area contributed by atoms with E-state index < -0.39 is 0 Å². The average molecular weight is 558 g/mol. The third-order valence-electron chi connectivity index (χ3n) is 4.95. The summed E-state index contributed by atoms with van der Waals surface area (Å²) >= 11 is 7.08. The van der Waals surface area contributed by atoms with Crippen LogP contribution in [0.5, 0.6) is 17.2 Å². The first-order valence-electron chi connectivity index (χ1n) is 10.2. The van der Waals surface area contributed by atoms with E-state index in [2.05, 4.69) is 62.8 Å². The Hall–Kier alpha value is -2.64. The smallest absolute Gasteiger partial charge is 0.308 e. The van der Waals surface area contributed by atoms with Crippen molar-refractivity contribution < 1.29 is 14.3 Å². The summed E-state index contributed by atoms with van der Waals surface area (Å²) in [6.45, 7) is 5.60. The highest BCUT2D eigenvalue weighted by molar-refractivity contribution is 9.11. The molecule has 0 saturated carbocycles. The summed E-state index contributed by atoms with van der Waals surface area (Å²) in [6, 6.07) is 17.6. The maximum absolute atomic E-state index is 11.3. The third-order valence-corrected chi connectivity index (χ3v) is 6.13. The van der Waals surface area contributed by atoms with Crippen LogP contribution in [0, 0.1) is 0 Å². The predicted molar refractivity (Wildman–Crippen MR) is 133 cm³/mol. The van der Waals surface area contributed by atoms with Crippen molar-refractivity contribution in [3.8, 4) is 17.2 Å². The monoisotopic (exact) mass is 556 g/mol. The first kappa shape index (κ1) is 22.6. The minimum absolute atomic E-state index is 0.286. The van der Waals surface area contributed by atoms with Gasteiger partial charge in [0.2, 0.25) is 0 Å². The number of carbonyl (C=O) groups excluding carboxylic acids is 1. The number of imidazole rings is 1. The molecule has 32 heavy (non-hydrogen) atoms. The summed E-state index contributed by atoms with van der Waals surface area (Å²) in [7, 11) is 0. The zero-order valence-electron chi connectivity index (χ0n) is 17.9. The minimum Gasteiger partial charge on any atom is -0.455 e. The second-order valence-electron chi connectivity index (χ2n) is 7.79. The molecule has 1 aromatic heterocycles. The summed E-state index contributed by atoms with van der Waals surface area (Å²) in [6.07, 6.45) is 0.677. The molecule has 0 aliphatic rings. The topological polar surface area (TPSA) is 64.2 Å². The summed E-state index contributed by atoms with van der Waals surface area (Å²) < 4.78 is 12.9. The molecule has 0 spiro atoms. The molecule has 0 amide bonds. The Kier molecular flexibility index (Phi) is 6.67. The fourth-order valence-corrected chi connectivity index (χ4v) is 4.75. The number of nitrogens with zero attached hydrogens (tertiary/aromatic N) is 1. The lowest BCUT2D eigenvalue weighted by atomic mass is 10.0. The summed E-state index contributed by atoms with van der Waals surface area (Å²) in [5.74, 6) is 2.58. The molecule has 0 unspecified atom stereocenters. The molecule has 0 fully saturated rings. The molecular formula is C25H22Br2N2O3. The number of hydrogen-bond acceptors (Lipinski definition) is 4. The van der Waals surface area contributed by atoms with E-state index in [1.165, 1.54) is 12.5 Å². The quantitative estimate of drug-likeness (QED) is 0.197. The lowest BCUT2D eigenvalue weighted by Gasteiger charge is -2.15. The largest absolute Gasteiger partial charge is 0.455 e. The number of carbonyl (C=O) groups is 1. The Morgan fingerprint density at radius 2 is 1.75 bits per heavy atom. The van der Waals surface area contributed by atoms with Gasteiger partial charge in [-0.3, -0.25) is 4.79 Å². The van der Waals surface area contributed by atoms with Gasteiger partial charge in [0.15, 0.2) is 5.75 Å². The van der Waals surface area contributed by atoms with Gasteiger partial charge >= 0.3 is 5.97 Å². The molecule has 5 nitrogen and oxygen atoms in total. The number of halogens is 2. The van der Waals surface area contributed by atoms with E-state index in [9.17, 15) is 4.79 Å². The molecule has 0 atom stereocenters. The standard InChI is InChI=1S/C25H22Br2N2O3/c1-14(2)25-28-21-9-10-22(18(23(21)29-25)11-16-7-5-4-6-8-16)32-24-19(26)12-17(13-20(24)27)31-15(3)30/h4-10,12-14H,11H2,1-3H3,(H,28,29). The molecule has 1 heterocycles. The minimum atomic E-state index is -0.382. The molecule has 0 aliphatic carbocycles. The first-order valence-corrected chi connectivity index (χ1v) is 11.8. The number of benzene rings is 3. The molecule has 164 valence electrons. The molecule has 7 heteroatoms. The van der Waals surface area contributed by atoms with E-state index in [1.54, 1.807) is 12.1 Å². The van der Waals surface area contributed by atoms with Gasteiger partial charge < -0.3 is 14.5 Å². The Bertz CT molecular complexity index is 1260. The molecule has 0 aliphatic heterocycles. The van der Waals surface area contributed by atoms with E-state index in [0.717, 1.165) is 22.4 Å². The van der Waals surface area contributed by atoms with Gasteiger partial charge in [-0.1, -0.05) is 44.2 Å². The van der Waals surface area contributed by atoms with E-state index >= 15 is 0 Å². The van der Waals surface area contributed by atoms with Crippen molar-refractivity contribution in [1.82, 2.24) is 9.97 Å². The lowest BCUT2D eigenvalue weighted by molar-refractivity contribution is -0.131. The second-order valence-corrected chi connectivity index (χ2v) is 9.50. The molecule has 1 N–H and O–H groups in total. The molecule has 3 aromatic carbocycles. The molecule has 0 saturated heterocycles. The first-order chi connectivity index (χ1) is 15.3. The van der Waals surface area contributed by atoms with E-state index in [0.29, 0.717) is 32.6 Å². The van der Waals surface area contributed by atoms with Crippen molar-refractivity contribution in [1.29, 1.82) is 0 Å². The van der Waals surface area contributed by atoms with Gasteiger partial charge in [0.25, 0.3) is 0 Å². The predicted octanol–water partition coefficient (Wildman–Crippen LogP) is 7.52. The van der Waals surface area contributed by atoms with Gasteiger partial charge in [-0.05, 0) is 61.7 Å². The van der Waals surface area contributed by atoms with Crippen LogP contribution in [0.2, 0.25) is 0 Å². The number of H-pyrrole nitrogens is 1. The maximum atomic E-state index is 11.3. The van der Waals surface area contributed by atoms with Crippen LogP contribution in [0.25, 0.3) is 11.0 Å². The maximum Gasteiger partial charge on any atom is 0.308 e. The van der Waals surface area contributed by atoms with Crippen LogP contribution in [0.3, 0.4) is 0 Å². The summed E-state index contributed by atoms with van der Waals surface area (Å²) in [5.41, 5.74) is 4.05. The summed E-state index contributed by atoms with van der Waals surface area (Å²) in [5, 5.41) is 0. The zero-order valence-corrected chi connectivity index (χ0v) is 21.1. The van der Waals surface area contributed by atoms with Crippen LogP contribution in [0.1, 0.15) is 43.6 Å². The van der Waals surface area contributed by atoms with Gasteiger partial charge in [-0.2, -0.15) is 0 Å². The van der Waals surface area contributed by atoms with Crippen LogP contribution in [0.4, 0.5) is 0 Å². The number of nitrogens with one attached hydrogen (secondary N) is 1. The van der Waals surface area contributed by atoms with Crippen molar-refractivity contribution in [3.05, 3.63) is 80.5 Å². The van der Waals surface area contributed by atoms with Gasteiger partial charge in [0.05, 0.1) is 20.0 Å². The molecule has 0 radical (unpaired) electrons. The van der Waals surface area contributed by atoms with Crippen molar-refractivity contribution in [2.75, 3.05) is 0 Å². The lowest BCUT2D eigenvalue weighted by Crippen LogP contribution is -2.02. The average Bonchev–Trinajstić information content (AvgIpc) is 3.17. The highest BCUT2D eigenvalue weighted by atomic mass is 79.9. The van der Waals surface area contributed by atoms with Crippen LogP contribution in [-0.2, 0) is 11.2 Å². The van der Waals surface area contributed by atoms with Crippen LogP contribution in [-0.4, -0.2) is 15.9 Å². The molecule has 4 rings (SSSR count). The Morgan fingerprint density at radius 3 is 2.38 bits per heavy atom.